The molecule has 2 saturated heterocycles. The first kappa shape index (κ1) is 13.7. The van der Waals surface area contributed by atoms with Crippen LogP contribution >= 0.6 is 11.6 Å². The first-order valence-corrected chi connectivity index (χ1v) is 7.46. The standard InChI is InChI=1S/C15H19ClN2O2/c1-11-9-14(15(19)20-11)18-7-5-17(6-8-18)13-4-2-3-12(16)10-13/h2-4,10-11,14H,5-9H2,1H3/t11-,14-/m1/s1. The Labute approximate surface area is 124 Å². The van der Waals surface area contributed by atoms with Gasteiger partial charge in [0.15, 0.2) is 0 Å². The van der Waals surface area contributed by atoms with Gasteiger partial charge in [-0.3, -0.25) is 9.69 Å². The Morgan fingerprint density at radius 1 is 1.25 bits per heavy atom. The van der Waals surface area contributed by atoms with Gasteiger partial charge in [-0.15, -0.1) is 0 Å². The van der Waals surface area contributed by atoms with E-state index in [2.05, 4.69) is 15.9 Å². The zero-order chi connectivity index (χ0) is 14.1. The van der Waals surface area contributed by atoms with E-state index in [0.717, 1.165) is 43.3 Å². The molecule has 0 spiro atoms. The van der Waals surface area contributed by atoms with Crippen molar-refractivity contribution in [2.75, 3.05) is 31.1 Å². The summed E-state index contributed by atoms with van der Waals surface area (Å²) in [6, 6.07) is 7.87. The second-order valence-electron chi connectivity index (χ2n) is 5.50. The number of hydrogen-bond acceptors (Lipinski definition) is 4. The predicted molar refractivity (Wildman–Crippen MR) is 79.2 cm³/mol. The second-order valence-corrected chi connectivity index (χ2v) is 5.94. The Balaban J connectivity index is 1.61. The summed E-state index contributed by atoms with van der Waals surface area (Å²) in [5.41, 5.74) is 1.15. The Bertz CT molecular complexity index is 500. The molecule has 20 heavy (non-hydrogen) atoms. The topological polar surface area (TPSA) is 32.8 Å². The van der Waals surface area contributed by atoms with Gasteiger partial charge in [0.1, 0.15) is 12.1 Å². The van der Waals surface area contributed by atoms with Crippen molar-refractivity contribution in [2.45, 2.75) is 25.5 Å². The van der Waals surface area contributed by atoms with E-state index in [1.807, 2.05) is 25.1 Å². The molecule has 0 bridgehead atoms. The number of esters is 1. The Kier molecular flexibility index (Phi) is 3.85. The summed E-state index contributed by atoms with van der Waals surface area (Å²) in [7, 11) is 0. The summed E-state index contributed by atoms with van der Waals surface area (Å²) in [5.74, 6) is -0.0614. The van der Waals surface area contributed by atoms with E-state index in [9.17, 15) is 4.79 Å². The van der Waals surface area contributed by atoms with Crippen LogP contribution in [-0.4, -0.2) is 49.2 Å². The highest BCUT2D eigenvalue weighted by Crippen LogP contribution is 2.24. The molecule has 0 aromatic heterocycles. The average Bonchev–Trinajstić information content (AvgIpc) is 2.78. The molecule has 0 N–H and O–H groups in total. The minimum Gasteiger partial charge on any atom is -0.461 e. The van der Waals surface area contributed by atoms with Gasteiger partial charge in [-0.05, 0) is 25.1 Å². The normalized spacial score (nSPS) is 27.7. The summed E-state index contributed by atoms with van der Waals surface area (Å²) in [5, 5.41) is 0.762. The van der Waals surface area contributed by atoms with E-state index >= 15 is 0 Å². The lowest BCUT2D eigenvalue weighted by Crippen LogP contribution is -2.51. The monoisotopic (exact) mass is 294 g/mol. The number of benzene rings is 1. The van der Waals surface area contributed by atoms with Crippen LogP contribution in [0.5, 0.6) is 0 Å². The fraction of sp³-hybridized carbons (Fsp3) is 0.533. The molecule has 0 unspecified atom stereocenters. The van der Waals surface area contributed by atoms with Gasteiger partial charge >= 0.3 is 5.97 Å². The Morgan fingerprint density at radius 3 is 2.60 bits per heavy atom. The fourth-order valence-electron chi connectivity index (χ4n) is 3.00. The average molecular weight is 295 g/mol. The number of ether oxygens (including phenoxy) is 1. The van der Waals surface area contributed by atoms with E-state index in [1.54, 1.807) is 0 Å². The summed E-state index contributed by atoms with van der Waals surface area (Å²) >= 11 is 6.03. The highest BCUT2D eigenvalue weighted by molar-refractivity contribution is 6.30. The molecule has 0 aliphatic carbocycles. The van der Waals surface area contributed by atoms with Gasteiger partial charge in [-0.25, -0.2) is 0 Å². The lowest BCUT2D eigenvalue weighted by Gasteiger charge is -2.37. The van der Waals surface area contributed by atoms with E-state index in [-0.39, 0.29) is 18.1 Å². The van der Waals surface area contributed by atoms with E-state index in [4.69, 9.17) is 16.3 Å². The molecule has 108 valence electrons. The van der Waals surface area contributed by atoms with Crippen molar-refractivity contribution in [3.8, 4) is 0 Å². The number of anilines is 1. The molecule has 2 heterocycles. The smallest absolute Gasteiger partial charge is 0.323 e. The molecule has 0 amide bonds. The molecule has 1 aromatic rings. The van der Waals surface area contributed by atoms with Crippen LogP contribution in [0.2, 0.25) is 5.02 Å². The largest absolute Gasteiger partial charge is 0.461 e. The summed E-state index contributed by atoms with van der Waals surface area (Å²) in [6.07, 6.45) is 0.870. The van der Waals surface area contributed by atoms with Crippen molar-refractivity contribution in [3.05, 3.63) is 29.3 Å². The van der Waals surface area contributed by atoms with Crippen LogP contribution in [0.25, 0.3) is 0 Å². The first-order valence-electron chi connectivity index (χ1n) is 7.08. The van der Waals surface area contributed by atoms with Crippen LogP contribution in [-0.2, 0) is 9.53 Å². The van der Waals surface area contributed by atoms with Gasteiger partial charge in [-0.1, -0.05) is 17.7 Å². The molecular weight excluding hydrogens is 276 g/mol. The quantitative estimate of drug-likeness (QED) is 0.783. The number of carbonyl (C=O) groups excluding carboxylic acids is 1. The Hall–Kier alpha value is -1.26. The van der Waals surface area contributed by atoms with Crippen LogP contribution < -0.4 is 4.90 Å². The van der Waals surface area contributed by atoms with E-state index in [1.165, 1.54) is 0 Å². The SMILES string of the molecule is C[C@@H]1C[C@@H](N2CCN(c3cccc(Cl)c3)CC2)C(=O)O1. The molecule has 2 fully saturated rings. The second kappa shape index (κ2) is 5.62. The van der Waals surface area contributed by atoms with Crippen molar-refractivity contribution < 1.29 is 9.53 Å². The molecule has 0 radical (unpaired) electrons. The molecule has 0 saturated carbocycles. The van der Waals surface area contributed by atoms with Crippen molar-refractivity contribution >= 4 is 23.3 Å². The third kappa shape index (κ3) is 2.76. The number of cyclic esters (lactones) is 1. The van der Waals surface area contributed by atoms with Crippen LogP contribution in [0.3, 0.4) is 0 Å². The first-order chi connectivity index (χ1) is 9.63. The third-order valence-electron chi connectivity index (χ3n) is 4.07. The lowest BCUT2D eigenvalue weighted by molar-refractivity contribution is -0.144. The zero-order valence-electron chi connectivity index (χ0n) is 11.6. The van der Waals surface area contributed by atoms with E-state index < -0.39 is 0 Å². The number of halogens is 1. The lowest BCUT2D eigenvalue weighted by atomic mass is 10.1. The maximum absolute atomic E-state index is 11.8. The highest BCUT2D eigenvalue weighted by Gasteiger charge is 2.37. The fourth-order valence-corrected chi connectivity index (χ4v) is 3.18. The van der Waals surface area contributed by atoms with Crippen LogP contribution in [0.1, 0.15) is 13.3 Å². The highest BCUT2D eigenvalue weighted by atomic mass is 35.5. The Morgan fingerprint density at radius 2 is 2.00 bits per heavy atom. The zero-order valence-corrected chi connectivity index (χ0v) is 12.3. The predicted octanol–water partition coefficient (Wildman–Crippen LogP) is 2.17. The summed E-state index contributed by atoms with van der Waals surface area (Å²) < 4.78 is 5.24. The van der Waals surface area contributed by atoms with Gasteiger partial charge < -0.3 is 9.64 Å². The minimum absolute atomic E-state index is 0.0495. The summed E-state index contributed by atoms with van der Waals surface area (Å²) in [4.78, 5) is 16.3. The van der Waals surface area contributed by atoms with Crippen molar-refractivity contribution in [3.63, 3.8) is 0 Å². The maximum Gasteiger partial charge on any atom is 0.323 e. The number of rotatable bonds is 2. The van der Waals surface area contributed by atoms with Crippen molar-refractivity contribution in [2.24, 2.45) is 0 Å². The van der Waals surface area contributed by atoms with E-state index in [0.29, 0.717) is 0 Å². The minimum atomic E-state index is -0.0614. The van der Waals surface area contributed by atoms with Crippen molar-refractivity contribution in [1.29, 1.82) is 0 Å². The molecule has 2 aliphatic rings. The number of hydrogen-bond donors (Lipinski definition) is 0. The number of carbonyl (C=O) groups is 1. The van der Waals surface area contributed by atoms with Gasteiger partial charge in [0.2, 0.25) is 0 Å². The maximum atomic E-state index is 11.8. The molecular formula is C15H19ClN2O2. The summed E-state index contributed by atoms with van der Waals surface area (Å²) in [6.45, 7) is 5.56. The van der Waals surface area contributed by atoms with Gasteiger partial charge in [0.05, 0.1) is 0 Å². The molecule has 2 aliphatic heterocycles. The molecule has 4 nitrogen and oxygen atoms in total. The molecule has 3 rings (SSSR count). The van der Waals surface area contributed by atoms with Crippen LogP contribution in [0.4, 0.5) is 5.69 Å². The molecule has 1 aromatic carbocycles. The molecule has 5 heteroatoms. The molecule has 2 atom stereocenters. The van der Waals surface area contributed by atoms with Gasteiger partial charge in [-0.2, -0.15) is 0 Å². The number of nitrogens with zero attached hydrogens (tertiary/aromatic N) is 2. The third-order valence-corrected chi connectivity index (χ3v) is 4.31. The van der Waals surface area contributed by atoms with Gasteiger partial charge in [0.25, 0.3) is 0 Å². The van der Waals surface area contributed by atoms with Gasteiger partial charge in [0, 0.05) is 43.3 Å². The number of piperazine rings is 1. The van der Waals surface area contributed by atoms with Crippen LogP contribution in [0.15, 0.2) is 24.3 Å². The van der Waals surface area contributed by atoms with Crippen LogP contribution in [0, 0.1) is 0 Å². The van der Waals surface area contributed by atoms with Crippen molar-refractivity contribution in [1.82, 2.24) is 4.90 Å².